The van der Waals surface area contributed by atoms with E-state index in [1.165, 1.54) is 33.8 Å². The summed E-state index contributed by atoms with van der Waals surface area (Å²) in [7, 11) is 1.82. The maximum absolute atomic E-state index is 13.9. The van der Waals surface area contributed by atoms with E-state index in [0.29, 0.717) is 28.8 Å². The third-order valence-electron chi connectivity index (χ3n) is 6.19. The molecule has 0 spiro atoms. The van der Waals surface area contributed by atoms with Crippen LogP contribution in [-0.2, 0) is 23.2 Å². The fourth-order valence-electron chi connectivity index (χ4n) is 3.91. The van der Waals surface area contributed by atoms with Crippen LogP contribution in [0.4, 0.5) is 10.1 Å². The lowest BCUT2D eigenvalue weighted by molar-refractivity contribution is -0.128. The molecule has 182 valence electrons. The summed E-state index contributed by atoms with van der Waals surface area (Å²) in [6, 6.07) is 15.5. The molecule has 4 rings (SSSR count). The first-order valence-electron chi connectivity index (χ1n) is 11.5. The first kappa shape index (κ1) is 24.1. The van der Waals surface area contributed by atoms with Crippen molar-refractivity contribution in [2.45, 2.75) is 45.3 Å². The van der Waals surface area contributed by atoms with Crippen molar-refractivity contribution < 1.29 is 14.0 Å². The van der Waals surface area contributed by atoms with Crippen molar-refractivity contribution >= 4 is 28.5 Å². The molecule has 9 heteroatoms. The van der Waals surface area contributed by atoms with Gasteiger partial charge in [-0.15, -0.1) is 5.10 Å². The molecule has 2 aromatic heterocycles. The van der Waals surface area contributed by atoms with Crippen molar-refractivity contribution in [3.63, 3.8) is 0 Å². The Morgan fingerprint density at radius 3 is 2.46 bits per heavy atom. The van der Waals surface area contributed by atoms with Crippen molar-refractivity contribution in [3.05, 3.63) is 78.4 Å². The van der Waals surface area contributed by atoms with Gasteiger partial charge in [-0.1, -0.05) is 24.3 Å². The third-order valence-corrected chi connectivity index (χ3v) is 6.19. The second kappa shape index (κ2) is 9.69. The molecule has 2 heterocycles. The van der Waals surface area contributed by atoms with Gasteiger partial charge in [-0.2, -0.15) is 0 Å². The minimum atomic E-state index is -0.992. The fourth-order valence-corrected chi connectivity index (χ4v) is 3.91. The number of nitrogens with one attached hydrogen (secondary N) is 1. The van der Waals surface area contributed by atoms with Crippen LogP contribution in [0.1, 0.15) is 38.9 Å². The summed E-state index contributed by atoms with van der Waals surface area (Å²) in [6.07, 6.45) is 2.52. The molecule has 0 aliphatic rings. The lowest BCUT2D eigenvalue weighted by Gasteiger charge is -2.34. The Morgan fingerprint density at radius 1 is 1.09 bits per heavy atom. The van der Waals surface area contributed by atoms with E-state index < -0.39 is 17.4 Å². The molecule has 0 aliphatic carbocycles. The smallest absolute Gasteiger partial charge is 0.249 e. The molecule has 0 bridgehead atoms. The number of hydrogen-bond acceptors (Lipinski definition) is 4. The van der Waals surface area contributed by atoms with E-state index >= 15 is 0 Å². The number of aromatic nitrogens is 4. The quantitative estimate of drug-likeness (QED) is 0.417. The maximum Gasteiger partial charge on any atom is 0.249 e. The number of carbonyl (C=O) groups excluding carboxylic acids is 2. The molecule has 0 fully saturated rings. The molecule has 0 aliphatic heterocycles. The zero-order chi connectivity index (χ0) is 25.2. The molecule has 2 amide bonds. The Hall–Kier alpha value is -4.01. The van der Waals surface area contributed by atoms with Crippen molar-refractivity contribution in [2.24, 2.45) is 7.05 Å². The van der Waals surface area contributed by atoms with Crippen LogP contribution in [-0.4, -0.2) is 36.9 Å². The van der Waals surface area contributed by atoms with Gasteiger partial charge in [0.1, 0.15) is 17.9 Å². The molecule has 35 heavy (non-hydrogen) atoms. The van der Waals surface area contributed by atoms with Crippen LogP contribution in [0, 0.1) is 5.82 Å². The Balaban J connectivity index is 1.80. The Bertz CT molecular complexity index is 1340. The molecule has 0 unspecified atom stereocenters. The van der Waals surface area contributed by atoms with Crippen molar-refractivity contribution in [1.82, 2.24) is 24.9 Å². The fraction of sp³-hybridized carbons (Fsp3) is 0.308. The van der Waals surface area contributed by atoms with Crippen molar-refractivity contribution in [3.8, 4) is 0 Å². The van der Waals surface area contributed by atoms with E-state index in [1.54, 1.807) is 10.6 Å². The van der Waals surface area contributed by atoms with Gasteiger partial charge in [0, 0.05) is 24.5 Å². The van der Waals surface area contributed by atoms with Crippen LogP contribution >= 0.6 is 0 Å². The maximum atomic E-state index is 13.9. The van der Waals surface area contributed by atoms with Gasteiger partial charge in [0.2, 0.25) is 11.8 Å². The monoisotopic (exact) mass is 476 g/mol. The summed E-state index contributed by atoms with van der Waals surface area (Å²) in [4.78, 5) is 29.0. The van der Waals surface area contributed by atoms with Crippen molar-refractivity contribution in [2.75, 3.05) is 4.90 Å². The lowest BCUT2D eigenvalue weighted by Crippen LogP contribution is -2.51. The van der Waals surface area contributed by atoms with E-state index in [0.717, 1.165) is 0 Å². The SMILES string of the molecule is CCC(C)(C)NC(=O)[C@H](c1cccn1C)N(C(=O)Cn1nnc2ccccc21)c1ccc(F)cc1. The predicted octanol–water partition coefficient (Wildman–Crippen LogP) is 3.99. The van der Waals surface area contributed by atoms with Crippen LogP contribution in [0.15, 0.2) is 66.9 Å². The Labute approximate surface area is 203 Å². The first-order valence-corrected chi connectivity index (χ1v) is 11.5. The van der Waals surface area contributed by atoms with Gasteiger partial charge in [-0.05, 0) is 68.8 Å². The number of aryl methyl sites for hydroxylation is 1. The molecular formula is C26H29FN6O2. The number of nitrogens with zero attached hydrogens (tertiary/aromatic N) is 5. The largest absolute Gasteiger partial charge is 0.352 e. The number of fused-ring (bicyclic) bond motifs is 1. The van der Waals surface area contributed by atoms with Crippen molar-refractivity contribution in [1.29, 1.82) is 0 Å². The Kier molecular flexibility index (Phi) is 6.68. The molecule has 0 saturated carbocycles. The highest BCUT2D eigenvalue weighted by Gasteiger charge is 2.36. The topological polar surface area (TPSA) is 85.0 Å². The Morgan fingerprint density at radius 2 is 1.80 bits per heavy atom. The normalized spacial score (nSPS) is 12.5. The van der Waals surface area contributed by atoms with Gasteiger partial charge in [0.25, 0.3) is 0 Å². The van der Waals surface area contributed by atoms with E-state index in [4.69, 9.17) is 0 Å². The average molecular weight is 477 g/mol. The number of para-hydroxylation sites is 1. The minimum absolute atomic E-state index is 0.150. The number of benzene rings is 2. The van der Waals surface area contributed by atoms with Crippen LogP contribution < -0.4 is 10.2 Å². The molecule has 1 N–H and O–H groups in total. The molecule has 2 aromatic carbocycles. The van der Waals surface area contributed by atoms with E-state index in [9.17, 15) is 14.0 Å². The zero-order valence-corrected chi connectivity index (χ0v) is 20.3. The first-order chi connectivity index (χ1) is 16.7. The molecule has 1 atom stereocenters. The van der Waals surface area contributed by atoms with Gasteiger partial charge in [-0.25, -0.2) is 9.07 Å². The predicted molar refractivity (Wildman–Crippen MR) is 132 cm³/mol. The molecule has 0 saturated heterocycles. The minimum Gasteiger partial charge on any atom is -0.352 e. The average Bonchev–Trinajstić information content (AvgIpc) is 3.44. The van der Waals surface area contributed by atoms with Crippen LogP contribution in [0.25, 0.3) is 11.0 Å². The number of rotatable bonds is 8. The highest BCUT2D eigenvalue weighted by Crippen LogP contribution is 2.30. The molecule has 4 aromatic rings. The zero-order valence-electron chi connectivity index (χ0n) is 20.3. The number of halogens is 1. The summed E-state index contributed by atoms with van der Waals surface area (Å²) in [5.41, 5.74) is 1.90. The second-order valence-electron chi connectivity index (χ2n) is 9.15. The highest BCUT2D eigenvalue weighted by molar-refractivity contribution is 6.01. The summed E-state index contributed by atoms with van der Waals surface area (Å²) in [5.74, 6) is -1.15. The molecular weight excluding hydrogens is 447 g/mol. The lowest BCUT2D eigenvalue weighted by atomic mass is 10.00. The van der Waals surface area contributed by atoms with E-state index in [2.05, 4.69) is 15.6 Å². The highest BCUT2D eigenvalue weighted by atomic mass is 19.1. The summed E-state index contributed by atoms with van der Waals surface area (Å²) >= 11 is 0. The van der Waals surface area contributed by atoms with Crippen LogP contribution in [0.3, 0.4) is 0 Å². The number of amides is 2. The van der Waals surface area contributed by atoms with Gasteiger partial charge in [0.05, 0.1) is 11.2 Å². The third kappa shape index (κ3) is 5.08. The van der Waals surface area contributed by atoms with Gasteiger partial charge < -0.3 is 9.88 Å². The standard InChI is InChI=1S/C26H29FN6O2/c1-5-26(2,3)28-25(35)24(22-11-8-16-31(22)4)33(19-14-12-18(27)13-15-19)23(34)17-32-21-10-7-6-9-20(21)29-30-32/h6-16,24H,5,17H2,1-4H3,(H,28,35)/t24-/m0/s1. The molecule has 0 radical (unpaired) electrons. The van der Waals surface area contributed by atoms with E-state index in [1.807, 2.05) is 64.3 Å². The second-order valence-corrected chi connectivity index (χ2v) is 9.15. The summed E-state index contributed by atoms with van der Waals surface area (Å²) in [5, 5.41) is 11.3. The van der Waals surface area contributed by atoms with Gasteiger partial charge in [0.15, 0.2) is 6.04 Å². The summed E-state index contributed by atoms with van der Waals surface area (Å²) < 4.78 is 17.1. The van der Waals surface area contributed by atoms with Crippen LogP contribution in [0.5, 0.6) is 0 Å². The number of anilines is 1. The number of carbonyl (C=O) groups is 2. The van der Waals surface area contributed by atoms with Gasteiger partial charge in [-0.3, -0.25) is 14.5 Å². The van der Waals surface area contributed by atoms with Gasteiger partial charge >= 0.3 is 0 Å². The van der Waals surface area contributed by atoms with Crippen LogP contribution in [0.2, 0.25) is 0 Å². The van der Waals surface area contributed by atoms with E-state index in [-0.39, 0.29) is 18.4 Å². The number of hydrogen-bond donors (Lipinski definition) is 1. The molecule has 8 nitrogen and oxygen atoms in total. The summed E-state index contributed by atoms with van der Waals surface area (Å²) in [6.45, 7) is 5.69.